The number of imidazole rings is 1. The number of carbonyl (C=O) groups is 1. The minimum atomic E-state index is -3.82. The molecule has 0 aliphatic heterocycles. The van der Waals surface area contributed by atoms with E-state index >= 15 is 0 Å². The molecule has 1 aromatic heterocycles. The van der Waals surface area contributed by atoms with Crippen LogP contribution in [0.2, 0.25) is 0 Å². The van der Waals surface area contributed by atoms with Gasteiger partial charge in [0.1, 0.15) is 6.04 Å². The molecule has 1 atom stereocenters. The first-order valence-electron chi connectivity index (χ1n) is 5.84. The van der Waals surface area contributed by atoms with Crippen molar-refractivity contribution in [3.8, 4) is 0 Å². The lowest BCUT2D eigenvalue weighted by atomic mass is 10.1. The zero-order valence-electron chi connectivity index (χ0n) is 11.5. The predicted molar refractivity (Wildman–Crippen MR) is 68.8 cm³/mol. The number of ether oxygens (including phenoxy) is 1. The Balaban J connectivity index is 2.92. The molecule has 1 unspecified atom stereocenters. The minimum absolute atomic E-state index is 0.118. The highest BCUT2D eigenvalue weighted by atomic mass is 32.2. The van der Waals surface area contributed by atoms with Gasteiger partial charge in [-0.1, -0.05) is 13.8 Å². The summed E-state index contributed by atoms with van der Waals surface area (Å²) >= 11 is 0. The highest BCUT2D eigenvalue weighted by Crippen LogP contribution is 2.11. The number of hydrogen-bond acceptors (Lipinski definition) is 5. The molecule has 1 aromatic rings. The average Bonchev–Trinajstić information content (AvgIpc) is 2.74. The van der Waals surface area contributed by atoms with Crippen LogP contribution in [-0.4, -0.2) is 37.1 Å². The topological polar surface area (TPSA) is 90.3 Å². The molecule has 1 heterocycles. The van der Waals surface area contributed by atoms with E-state index in [-0.39, 0.29) is 10.9 Å². The quantitative estimate of drug-likeness (QED) is 0.760. The number of carbonyl (C=O) groups excluding carboxylic acids is 1. The van der Waals surface area contributed by atoms with Crippen LogP contribution < -0.4 is 4.72 Å². The van der Waals surface area contributed by atoms with Crippen molar-refractivity contribution in [2.75, 3.05) is 7.11 Å². The van der Waals surface area contributed by atoms with E-state index < -0.39 is 22.0 Å². The Labute approximate surface area is 113 Å². The fourth-order valence-corrected chi connectivity index (χ4v) is 2.76. The van der Waals surface area contributed by atoms with Crippen molar-refractivity contribution >= 4 is 16.0 Å². The molecule has 19 heavy (non-hydrogen) atoms. The van der Waals surface area contributed by atoms with E-state index in [2.05, 4.69) is 14.4 Å². The Bertz CT molecular complexity index is 536. The maximum Gasteiger partial charge on any atom is 0.323 e. The van der Waals surface area contributed by atoms with Gasteiger partial charge < -0.3 is 9.30 Å². The maximum atomic E-state index is 12.1. The summed E-state index contributed by atoms with van der Waals surface area (Å²) in [6, 6.07) is -0.906. The molecule has 1 N–H and O–H groups in total. The van der Waals surface area contributed by atoms with Crippen LogP contribution in [0.4, 0.5) is 0 Å². The van der Waals surface area contributed by atoms with Gasteiger partial charge in [0.2, 0.25) is 0 Å². The van der Waals surface area contributed by atoms with Crippen molar-refractivity contribution in [2.45, 2.75) is 31.3 Å². The van der Waals surface area contributed by atoms with Crippen LogP contribution in [0, 0.1) is 5.92 Å². The Hall–Kier alpha value is -1.41. The van der Waals surface area contributed by atoms with E-state index in [1.807, 2.05) is 13.8 Å². The van der Waals surface area contributed by atoms with Crippen LogP contribution in [0.1, 0.15) is 20.3 Å². The number of aromatic nitrogens is 2. The fourth-order valence-electron chi connectivity index (χ4n) is 1.58. The number of aryl methyl sites for hydroxylation is 1. The zero-order valence-corrected chi connectivity index (χ0v) is 12.3. The molecule has 108 valence electrons. The number of methoxy groups -OCH3 is 1. The summed E-state index contributed by atoms with van der Waals surface area (Å²) in [5.41, 5.74) is 0. The number of sulfonamides is 1. The van der Waals surface area contributed by atoms with Gasteiger partial charge in [-0.2, -0.15) is 4.72 Å². The normalized spacial score (nSPS) is 13.5. The van der Waals surface area contributed by atoms with E-state index in [1.165, 1.54) is 24.2 Å². The second-order valence-electron chi connectivity index (χ2n) is 4.70. The van der Waals surface area contributed by atoms with Gasteiger partial charge in [-0.05, 0) is 12.3 Å². The standard InChI is InChI=1S/C11H19N3O4S/c1-8(2)5-9(11(15)18-4)13-19(16,17)10-6-14(3)7-12-10/h6-9,13H,5H2,1-4H3. The first-order valence-corrected chi connectivity index (χ1v) is 7.32. The van der Waals surface area contributed by atoms with Crippen molar-refractivity contribution in [2.24, 2.45) is 13.0 Å². The van der Waals surface area contributed by atoms with Gasteiger partial charge in [-0.25, -0.2) is 13.4 Å². The molecule has 0 aliphatic carbocycles. The number of nitrogens with zero attached hydrogens (tertiary/aromatic N) is 2. The summed E-state index contributed by atoms with van der Waals surface area (Å²) in [6.07, 6.45) is 3.11. The largest absolute Gasteiger partial charge is 0.468 e. The van der Waals surface area contributed by atoms with Gasteiger partial charge >= 0.3 is 5.97 Å². The Morgan fingerprint density at radius 3 is 2.58 bits per heavy atom. The third-order valence-corrected chi connectivity index (χ3v) is 3.80. The summed E-state index contributed by atoms with van der Waals surface area (Å²) < 4.78 is 32.6. The molecular weight excluding hydrogens is 270 g/mol. The Morgan fingerprint density at radius 1 is 1.53 bits per heavy atom. The Kier molecular flexibility index (Phi) is 5.07. The van der Waals surface area contributed by atoms with Crippen LogP contribution in [0.3, 0.4) is 0 Å². The van der Waals surface area contributed by atoms with Gasteiger partial charge in [0.15, 0.2) is 5.03 Å². The summed E-state index contributed by atoms with van der Waals surface area (Å²) in [4.78, 5) is 15.4. The van der Waals surface area contributed by atoms with Crippen molar-refractivity contribution in [3.63, 3.8) is 0 Å². The summed E-state index contributed by atoms with van der Waals surface area (Å²) in [5, 5.41) is -0.118. The van der Waals surface area contributed by atoms with Crippen molar-refractivity contribution in [1.82, 2.24) is 14.3 Å². The van der Waals surface area contributed by atoms with Crippen LogP contribution >= 0.6 is 0 Å². The third-order valence-electron chi connectivity index (χ3n) is 2.45. The molecule has 0 radical (unpaired) electrons. The Morgan fingerprint density at radius 2 is 2.16 bits per heavy atom. The smallest absolute Gasteiger partial charge is 0.323 e. The molecule has 0 aliphatic rings. The van der Waals surface area contributed by atoms with Crippen molar-refractivity contribution < 1.29 is 17.9 Å². The molecule has 0 fully saturated rings. The van der Waals surface area contributed by atoms with Gasteiger partial charge in [0.25, 0.3) is 10.0 Å². The lowest BCUT2D eigenvalue weighted by Crippen LogP contribution is -2.42. The molecule has 1 rings (SSSR count). The lowest BCUT2D eigenvalue weighted by molar-refractivity contribution is -0.143. The predicted octanol–water partition coefficient (Wildman–Crippen LogP) is 0.286. The van der Waals surface area contributed by atoms with Gasteiger partial charge in [0, 0.05) is 13.2 Å². The molecule has 0 saturated heterocycles. The van der Waals surface area contributed by atoms with E-state index in [4.69, 9.17) is 0 Å². The van der Waals surface area contributed by atoms with E-state index in [1.54, 1.807) is 7.05 Å². The van der Waals surface area contributed by atoms with Gasteiger partial charge in [-0.15, -0.1) is 0 Å². The third kappa shape index (κ3) is 4.32. The van der Waals surface area contributed by atoms with Crippen LogP contribution in [-0.2, 0) is 26.6 Å². The van der Waals surface area contributed by atoms with Gasteiger partial charge in [0.05, 0.1) is 13.4 Å². The first-order chi connectivity index (χ1) is 8.76. The number of nitrogens with one attached hydrogen (secondary N) is 1. The maximum absolute atomic E-state index is 12.1. The van der Waals surface area contributed by atoms with Crippen LogP contribution in [0.5, 0.6) is 0 Å². The van der Waals surface area contributed by atoms with E-state index in [9.17, 15) is 13.2 Å². The fraction of sp³-hybridized carbons (Fsp3) is 0.636. The molecule has 7 nitrogen and oxygen atoms in total. The molecule has 0 aromatic carbocycles. The lowest BCUT2D eigenvalue weighted by Gasteiger charge is -2.17. The minimum Gasteiger partial charge on any atom is -0.468 e. The van der Waals surface area contributed by atoms with Crippen LogP contribution in [0.15, 0.2) is 17.6 Å². The average molecular weight is 289 g/mol. The zero-order chi connectivity index (χ0) is 14.6. The SMILES string of the molecule is COC(=O)C(CC(C)C)NS(=O)(=O)c1cn(C)cn1. The van der Waals surface area contributed by atoms with E-state index in [0.717, 1.165) is 0 Å². The number of rotatable bonds is 6. The summed E-state index contributed by atoms with van der Waals surface area (Å²) in [7, 11) is -0.931. The molecular formula is C11H19N3O4S. The highest BCUT2D eigenvalue weighted by molar-refractivity contribution is 7.89. The first kappa shape index (κ1) is 15.6. The summed E-state index contributed by atoms with van der Waals surface area (Å²) in [6.45, 7) is 3.79. The second kappa shape index (κ2) is 6.16. The molecule has 0 amide bonds. The van der Waals surface area contributed by atoms with Gasteiger partial charge in [-0.3, -0.25) is 4.79 Å². The van der Waals surface area contributed by atoms with E-state index in [0.29, 0.717) is 6.42 Å². The number of hydrogen-bond donors (Lipinski definition) is 1. The van der Waals surface area contributed by atoms with Crippen molar-refractivity contribution in [3.05, 3.63) is 12.5 Å². The second-order valence-corrected chi connectivity index (χ2v) is 6.36. The monoisotopic (exact) mass is 289 g/mol. The summed E-state index contributed by atoms with van der Waals surface area (Å²) in [5.74, 6) is -0.455. The molecule has 0 bridgehead atoms. The van der Waals surface area contributed by atoms with Crippen LogP contribution in [0.25, 0.3) is 0 Å². The van der Waals surface area contributed by atoms with Crippen molar-refractivity contribution in [1.29, 1.82) is 0 Å². The molecule has 0 saturated carbocycles. The number of esters is 1. The molecule has 0 spiro atoms. The highest BCUT2D eigenvalue weighted by Gasteiger charge is 2.28. The molecule has 8 heteroatoms.